The molecule has 0 saturated heterocycles. The van der Waals surface area contributed by atoms with Crippen molar-refractivity contribution < 1.29 is 9.47 Å². The normalized spacial score (nSPS) is 14.0. The van der Waals surface area contributed by atoms with Crippen molar-refractivity contribution in [3.63, 3.8) is 0 Å². The highest BCUT2D eigenvalue weighted by molar-refractivity contribution is 6.32. The van der Waals surface area contributed by atoms with Crippen molar-refractivity contribution >= 4 is 28.7 Å². The average molecular weight is 541 g/mol. The van der Waals surface area contributed by atoms with Crippen LogP contribution in [0, 0.1) is 11.3 Å². The second-order valence-corrected chi connectivity index (χ2v) is 9.91. The summed E-state index contributed by atoms with van der Waals surface area (Å²) in [6, 6.07) is 20.3. The van der Waals surface area contributed by atoms with Crippen molar-refractivity contribution in [1.29, 1.82) is 5.26 Å². The topological polar surface area (TPSA) is 89.5 Å². The van der Waals surface area contributed by atoms with Crippen LogP contribution in [0.2, 0.25) is 5.02 Å². The van der Waals surface area contributed by atoms with Crippen LogP contribution < -0.4 is 15.0 Å². The Hall–Kier alpha value is -4.15. The summed E-state index contributed by atoms with van der Waals surface area (Å²) in [6.07, 6.45) is 7.01. The van der Waals surface area contributed by atoms with Gasteiger partial charge in [0.05, 0.1) is 40.4 Å². The molecule has 8 heteroatoms. The molecule has 0 bridgehead atoms. The molecule has 39 heavy (non-hydrogen) atoms. The number of nitrogens with zero attached hydrogens (tertiary/aromatic N) is 4. The lowest BCUT2D eigenvalue weighted by molar-refractivity contribution is 0.269. The van der Waals surface area contributed by atoms with Gasteiger partial charge in [0.25, 0.3) is 5.56 Å². The van der Waals surface area contributed by atoms with Gasteiger partial charge < -0.3 is 9.47 Å². The van der Waals surface area contributed by atoms with Crippen LogP contribution >= 0.6 is 11.6 Å². The Bertz CT molecular complexity index is 1620. The van der Waals surface area contributed by atoms with Crippen LogP contribution in [-0.2, 0) is 6.61 Å². The Kier molecular flexibility index (Phi) is 8.24. The largest absolute Gasteiger partial charge is 0.490 e. The molecule has 5 rings (SSSR count). The number of nitriles is 1. The van der Waals surface area contributed by atoms with Crippen molar-refractivity contribution in [3.05, 3.63) is 98.6 Å². The number of aromatic nitrogens is 2. The van der Waals surface area contributed by atoms with E-state index in [1.54, 1.807) is 30.5 Å². The van der Waals surface area contributed by atoms with E-state index in [-0.39, 0.29) is 18.1 Å². The first-order valence-electron chi connectivity index (χ1n) is 13.2. The molecule has 0 spiro atoms. The van der Waals surface area contributed by atoms with Crippen molar-refractivity contribution in [2.75, 3.05) is 6.61 Å². The summed E-state index contributed by atoms with van der Waals surface area (Å²) in [6.45, 7) is 2.45. The molecule has 1 heterocycles. The molecule has 1 fully saturated rings. The van der Waals surface area contributed by atoms with Gasteiger partial charge in [-0.2, -0.15) is 15.0 Å². The molecule has 1 aromatic heterocycles. The summed E-state index contributed by atoms with van der Waals surface area (Å²) in [5, 5.41) is 14.9. The van der Waals surface area contributed by atoms with Gasteiger partial charge in [-0.1, -0.05) is 61.2 Å². The number of hydrogen-bond donors (Lipinski definition) is 0. The second-order valence-electron chi connectivity index (χ2n) is 9.50. The van der Waals surface area contributed by atoms with Crippen molar-refractivity contribution in [1.82, 2.24) is 9.66 Å². The molecule has 0 unspecified atom stereocenters. The first-order chi connectivity index (χ1) is 19.1. The van der Waals surface area contributed by atoms with Gasteiger partial charge in [0.2, 0.25) is 0 Å². The van der Waals surface area contributed by atoms with E-state index in [0.29, 0.717) is 51.0 Å². The first-order valence-corrected chi connectivity index (χ1v) is 13.6. The van der Waals surface area contributed by atoms with Gasteiger partial charge in [0.15, 0.2) is 11.5 Å². The van der Waals surface area contributed by atoms with E-state index in [4.69, 9.17) is 26.1 Å². The fourth-order valence-corrected chi connectivity index (χ4v) is 5.25. The van der Waals surface area contributed by atoms with Crippen molar-refractivity contribution in [3.8, 4) is 17.6 Å². The zero-order valence-corrected chi connectivity index (χ0v) is 22.5. The Morgan fingerprint density at radius 2 is 1.87 bits per heavy atom. The predicted octanol–water partition coefficient (Wildman–Crippen LogP) is 6.83. The lowest BCUT2D eigenvalue weighted by Crippen LogP contribution is -2.25. The van der Waals surface area contributed by atoms with Crippen molar-refractivity contribution in [2.24, 2.45) is 5.10 Å². The molecular weight excluding hydrogens is 512 g/mol. The number of benzene rings is 3. The summed E-state index contributed by atoms with van der Waals surface area (Å²) in [5.74, 6) is 1.72. The van der Waals surface area contributed by atoms with Gasteiger partial charge in [-0.15, -0.1) is 0 Å². The highest BCUT2D eigenvalue weighted by Gasteiger charge is 2.22. The van der Waals surface area contributed by atoms with E-state index in [1.165, 1.54) is 11.1 Å². The minimum Gasteiger partial charge on any atom is -0.490 e. The third kappa shape index (κ3) is 5.81. The molecule has 1 aliphatic rings. The average Bonchev–Trinajstić information content (AvgIpc) is 2.97. The van der Waals surface area contributed by atoms with Crippen molar-refractivity contribution in [2.45, 2.75) is 51.6 Å². The number of para-hydroxylation sites is 1. The minimum atomic E-state index is -0.190. The summed E-state index contributed by atoms with van der Waals surface area (Å²) < 4.78 is 13.3. The Morgan fingerprint density at radius 3 is 2.67 bits per heavy atom. The van der Waals surface area contributed by atoms with Crippen LogP contribution in [-0.4, -0.2) is 22.5 Å². The first kappa shape index (κ1) is 26.5. The highest BCUT2D eigenvalue weighted by Crippen LogP contribution is 2.37. The molecule has 0 amide bonds. The van der Waals surface area contributed by atoms with Crippen LogP contribution in [0.1, 0.15) is 67.5 Å². The molecule has 0 radical (unpaired) electrons. The minimum absolute atomic E-state index is 0.167. The summed E-state index contributed by atoms with van der Waals surface area (Å²) in [5.41, 5.74) is 2.45. The third-order valence-electron chi connectivity index (χ3n) is 6.91. The molecule has 7 nitrogen and oxygen atoms in total. The van der Waals surface area contributed by atoms with Gasteiger partial charge in [0, 0.05) is 11.5 Å². The lowest BCUT2D eigenvalue weighted by atomic mass is 9.88. The molecule has 4 aromatic rings. The summed E-state index contributed by atoms with van der Waals surface area (Å²) in [7, 11) is 0. The number of fused-ring (bicyclic) bond motifs is 1. The zero-order chi connectivity index (χ0) is 27.2. The monoisotopic (exact) mass is 540 g/mol. The number of rotatable bonds is 8. The van der Waals surface area contributed by atoms with E-state index in [0.717, 1.165) is 31.2 Å². The van der Waals surface area contributed by atoms with Crippen LogP contribution in [0.5, 0.6) is 11.5 Å². The van der Waals surface area contributed by atoms with Crippen LogP contribution in [0.15, 0.2) is 70.6 Å². The molecule has 0 atom stereocenters. The van der Waals surface area contributed by atoms with Gasteiger partial charge in [0.1, 0.15) is 12.4 Å². The molecule has 0 N–H and O–H groups in total. The van der Waals surface area contributed by atoms with Crippen LogP contribution in [0.25, 0.3) is 10.9 Å². The fraction of sp³-hybridized carbons (Fsp3) is 0.290. The molecule has 0 aliphatic heterocycles. The summed E-state index contributed by atoms with van der Waals surface area (Å²) in [4.78, 5) is 18.4. The van der Waals surface area contributed by atoms with E-state index in [1.807, 2.05) is 43.3 Å². The summed E-state index contributed by atoms with van der Waals surface area (Å²) >= 11 is 6.64. The fourth-order valence-electron chi connectivity index (χ4n) is 4.97. The maximum Gasteiger partial charge on any atom is 0.282 e. The van der Waals surface area contributed by atoms with E-state index >= 15 is 0 Å². The molecule has 1 saturated carbocycles. The Labute approximate surface area is 232 Å². The van der Waals surface area contributed by atoms with Gasteiger partial charge in [-0.3, -0.25) is 4.79 Å². The SMILES string of the molecule is CCOc1cc(C=Nn2c(C3CCCCC3)nc3ccccc3c2=O)cc(Cl)c1OCc1ccccc1C#N. The predicted molar refractivity (Wildman–Crippen MR) is 153 cm³/mol. The molecule has 1 aliphatic carbocycles. The van der Waals surface area contributed by atoms with Crippen LogP contribution in [0.3, 0.4) is 0 Å². The Morgan fingerprint density at radius 1 is 1.10 bits per heavy atom. The van der Waals surface area contributed by atoms with E-state index < -0.39 is 0 Å². The van der Waals surface area contributed by atoms with Gasteiger partial charge in [-0.25, -0.2) is 4.98 Å². The smallest absolute Gasteiger partial charge is 0.282 e. The standard InChI is InChI=1S/C31H29ClN4O3/c1-2-38-28-17-21(16-26(32)29(28)39-20-24-13-7-6-12-23(24)18-33)19-34-36-30(22-10-4-3-5-11-22)35-27-15-9-8-14-25(27)31(36)37/h6-9,12-17,19,22H,2-5,10-11,20H2,1H3. The van der Waals surface area contributed by atoms with Gasteiger partial charge >= 0.3 is 0 Å². The highest BCUT2D eigenvalue weighted by atomic mass is 35.5. The molecule has 198 valence electrons. The van der Waals surface area contributed by atoms with E-state index in [9.17, 15) is 10.1 Å². The lowest BCUT2D eigenvalue weighted by Gasteiger charge is -2.22. The molecular formula is C31H29ClN4O3. The number of ether oxygens (including phenoxy) is 2. The quantitative estimate of drug-likeness (QED) is 0.228. The van der Waals surface area contributed by atoms with E-state index in [2.05, 4.69) is 11.2 Å². The second kappa shape index (κ2) is 12.1. The Balaban J connectivity index is 1.50. The zero-order valence-electron chi connectivity index (χ0n) is 21.8. The maximum absolute atomic E-state index is 13.5. The van der Waals surface area contributed by atoms with Gasteiger partial charge in [-0.05, 0) is 55.7 Å². The molecule has 3 aromatic carbocycles. The number of hydrogen-bond acceptors (Lipinski definition) is 6. The maximum atomic E-state index is 13.5. The third-order valence-corrected chi connectivity index (χ3v) is 7.19. The van der Waals surface area contributed by atoms with Crippen LogP contribution in [0.4, 0.5) is 0 Å². The number of halogens is 1.